The Morgan fingerprint density at radius 3 is 2.34 bits per heavy atom. The van der Waals surface area contributed by atoms with Crippen LogP contribution >= 0.6 is 22.7 Å². The third kappa shape index (κ3) is 13.0. The maximum atomic E-state index is 13.5. The molecule has 1 N–H and O–H groups in total. The van der Waals surface area contributed by atoms with Gasteiger partial charge in [-0.1, -0.05) is 20.8 Å². The molecule has 0 bridgehead atoms. The molecule has 0 fully saturated rings. The van der Waals surface area contributed by atoms with Crippen LogP contribution in [-0.4, -0.2) is 57.4 Å². The molecule has 1 unspecified atom stereocenters. The van der Waals surface area contributed by atoms with Crippen molar-refractivity contribution in [1.29, 1.82) is 0 Å². The smallest absolute Gasteiger partial charge is 0.407 e. The molecule has 0 aromatic carbocycles. The predicted molar refractivity (Wildman–Crippen MR) is 164 cm³/mol. The van der Waals surface area contributed by atoms with Gasteiger partial charge >= 0.3 is 6.09 Å². The number of rotatable bonds is 16. The highest BCUT2D eigenvalue weighted by Crippen LogP contribution is 2.26. The molecule has 41 heavy (non-hydrogen) atoms. The maximum absolute atomic E-state index is 13.5. The summed E-state index contributed by atoms with van der Waals surface area (Å²) in [7, 11) is 1.76. The quantitative estimate of drug-likeness (QED) is 0.229. The highest BCUT2D eigenvalue weighted by atomic mass is 32.1. The van der Waals surface area contributed by atoms with Gasteiger partial charge in [0.05, 0.1) is 45.3 Å². The number of ketones is 1. The lowest BCUT2D eigenvalue weighted by atomic mass is 9.86. The first-order valence-corrected chi connectivity index (χ1v) is 16.1. The minimum absolute atomic E-state index is 0.0244. The summed E-state index contributed by atoms with van der Waals surface area (Å²) in [5, 5.41) is 5.89. The lowest BCUT2D eigenvalue weighted by Gasteiger charge is -2.31. The predicted octanol–water partition coefficient (Wildman–Crippen LogP) is 6.58. The number of thiazole rings is 2. The fourth-order valence-electron chi connectivity index (χ4n) is 4.41. The summed E-state index contributed by atoms with van der Waals surface area (Å²) < 4.78 is 11.4. The van der Waals surface area contributed by atoms with E-state index in [1.165, 1.54) is 11.3 Å². The van der Waals surface area contributed by atoms with E-state index in [2.05, 4.69) is 29.1 Å². The Bertz CT molecular complexity index is 1100. The number of alkyl carbamates (subject to hydrolysis) is 1. The number of nitrogens with zero attached hydrogens (tertiary/aromatic N) is 3. The molecule has 9 nitrogen and oxygen atoms in total. The van der Waals surface area contributed by atoms with Crippen molar-refractivity contribution < 1.29 is 23.9 Å². The number of carbonyl (C=O) groups is 3. The Hall–Kier alpha value is -2.37. The van der Waals surface area contributed by atoms with Crippen LogP contribution in [0.4, 0.5) is 4.79 Å². The van der Waals surface area contributed by atoms with E-state index < -0.39 is 23.7 Å². The molecule has 2 aromatic heterocycles. The van der Waals surface area contributed by atoms with Gasteiger partial charge in [0.15, 0.2) is 0 Å². The van der Waals surface area contributed by atoms with E-state index in [-0.39, 0.29) is 36.7 Å². The van der Waals surface area contributed by atoms with Crippen LogP contribution in [0, 0.1) is 11.8 Å². The highest BCUT2D eigenvalue weighted by molar-refractivity contribution is 7.09. The second-order valence-corrected chi connectivity index (χ2v) is 14.1. The zero-order valence-corrected chi connectivity index (χ0v) is 27.7. The zero-order valence-electron chi connectivity index (χ0n) is 26.1. The molecular weight excluding hydrogens is 560 g/mol. The summed E-state index contributed by atoms with van der Waals surface area (Å²) >= 11 is 3.04. The number of aromatic nitrogens is 2. The number of nitrogens with one attached hydrogen (secondary N) is 1. The molecule has 0 aliphatic heterocycles. The van der Waals surface area contributed by atoms with Gasteiger partial charge in [-0.15, -0.1) is 22.7 Å². The molecule has 0 spiro atoms. The topological polar surface area (TPSA) is 111 Å². The van der Waals surface area contributed by atoms with Crippen molar-refractivity contribution in [2.24, 2.45) is 11.8 Å². The van der Waals surface area contributed by atoms with Gasteiger partial charge in [-0.2, -0.15) is 0 Å². The highest BCUT2D eigenvalue weighted by Gasteiger charge is 2.32. The molecule has 0 radical (unpaired) electrons. The van der Waals surface area contributed by atoms with Crippen molar-refractivity contribution in [2.75, 3.05) is 7.05 Å². The molecule has 2 rings (SSSR count). The van der Waals surface area contributed by atoms with Crippen LogP contribution in [0.1, 0.15) is 103 Å². The first-order valence-electron chi connectivity index (χ1n) is 14.3. The molecule has 2 heterocycles. The third-order valence-corrected chi connectivity index (χ3v) is 8.59. The Morgan fingerprint density at radius 2 is 1.76 bits per heavy atom. The van der Waals surface area contributed by atoms with Crippen LogP contribution < -0.4 is 5.32 Å². The van der Waals surface area contributed by atoms with Gasteiger partial charge in [-0.25, -0.2) is 9.78 Å². The summed E-state index contributed by atoms with van der Waals surface area (Å²) in [6.45, 7) is 16.5. The fourth-order valence-corrected chi connectivity index (χ4v) is 5.75. The van der Waals surface area contributed by atoms with E-state index in [4.69, 9.17) is 9.47 Å². The average Bonchev–Trinajstić information content (AvgIpc) is 3.56. The second-order valence-electron chi connectivity index (χ2n) is 12.3. The largest absolute Gasteiger partial charge is 0.444 e. The summed E-state index contributed by atoms with van der Waals surface area (Å²) in [6.07, 6.45) is 2.68. The summed E-state index contributed by atoms with van der Waals surface area (Å²) in [6, 6.07) is -0.0994. The van der Waals surface area contributed by atoms with Gasteiger partial charge in [0.25, 0.3) is 0 Å². The van der Waals surface area contributed by atoms with E-state index in [0.717, 1.165) is 22.0 Å². The first-order chi connectivity index (χ1) is 19.1. The van der Waals surface area contributed by atoms with Gasteiger partial charge in [0, 0.05) is 43.4 Å². The number of ether oxygens (including phenoxy) is 2. The van der Waals surface area contributed by atoms with Gasteiger partial charge in [0.1, 0.15) is 12.4 Å². The first kappa shape index (κ1) is 34.8. The average molecular weight is 609 g/mol. The SMILES string of the molecule is CC(C)c1nc(CN(C)C(=O)C[C@H](C(=O)C[C@@H](C)CC[C@H](C)NC(=O)OCc2cncs2)C(C)OC(C)(C)C)cs1. The Balaban J connectivity index is 1.91. The Morgan fingerprint density at radius 1 is 1.05 bits per heavy atom. The van der Waals surface area contributed by atoms with E-state index in [1.54, 1.807) is 35.0 Å². The molecule has 2 amide bonds. The molecule has 0 aliphatic rings. The molecule has 0 saturated carbocycles. The van der Waals surface area contributed by atoms with Crippen molar-refractivity contribution in [3.05, 3.63) is 32.7 Å². The van der Waals surface area contributed by atoms with Crippen LogP contribution in [-0.2, 0) is 32.2 Å². The molecule has 2 aromatic rings. The Kier molecular flexibility index (Phi) is 13.9. The minimum atomic E-state index is -0.550. The Labute approximate surface area is 253 Å². The summed E-state index contributed by atoms with van der Waals surface area (Å²) in [5.74, 6) is -0.200. The van der Waals surface area contributed by atoms with E-state index in [9.17, 15) is 14.4 Å². The molecule has 0 saturated heterocycles. The van der Waals surface area contributed by atoms with E-state index in [0.29, 0.717) is 25.3 Å². The van der Waals surface area contributed by atoms with Crippen molar-refractivity contribution in [3.63, 3.8) is 0 Å². The number of Topliss-reactive ketones (excluding diaryl/α,β-unsaturated/α-hetero) is 1. The van der Waals surface area contributed by atoms with Crippen LogP contribution in [0.2, 0.25) is 0 Å². The number of carbonyl (C=O) groups excluding carboxylic acids is 3. The number of hydrogen-bond donors (Lipinski definition) is 1. The van der Waals surface area contributed by atoms with Crippen molar-refractivity contribution in [1.82, 2.24) is 20.2 Å². The van der Waals surface area contributed by atoms with Crippen LogP contribution in [0.5, 0.6) is 0 Å². The minimum Gasteiger partial charge on any atom is -0.444 e. The van der Waals surface area contributed by atoms with E-state index >= 15 is 0 Å². The second kappa shape index (κ2) is 16.3. The van der Waals surface area contributed by atoms with Crippen molar-refractivity contribution in [2.45, 2.75) is 118 Å². The molecule has 230 valence electrons. The van der Waals surface area contributed by atoms with Crippen LogP contribution in [0.15, 0.2) is 17.1 Å². The molecular formula is C30H48N4O5S2. The maximum Gasteiger partial charge on any atom is 0.407 e. The normalized spacial score (nSPS) is 14.8. The fraction of sp³-hybridized carbons (Fsp3) is 0.700. The summed E-state index contributed by atoms with van der Waals surface area (Å²) in [5.41, 5.74) is 2.11. The van der Waals surface area contributed by atoms with Crippen LogP contribution in [0.3, 0.4) is 0 Å². The van der Waals surface area contributed by atoms with Gasteiger partial charge in [0.2, 0.25) is 5.91 Å². The van der Waals surface area contributed by atoms with Gasteiger partial charge in [-0.05, 0) is 53.4 Å². The lowest BCUT2D eigenvalue weighted by Crippen LogP contribution is -2.39. The van der Waals surface area contributed by atoms with Gasteiger partial charge in [-0.3, -0.25) is 14.6 Å². The monoisotopic (exact) mass is 608 g/mol. The zero-order chi connectivity index (χ0) is 30.7. The lowest BCUT2D eigenvalue weighted by molar-refractivity contribution is -0.144. The standard InChI is InChI=1S/C30H48N4O5S2/c1-19(2)28-33-23(17-40-28)15-34(9)27(36)13-25(22(5)39-30(6,7)8)26(35)12-20(3)10-11-21(4)32-29(37)38-16-24-14-31-18-41-24/h14,17-22,25H,10-13,15-16H2,1-9H3,(H,32,37)/t20-,21-,22?,25-/m0/s1. The van der Waals surface area contributed by atoms with Crippen LogP contribution in [0.25, 0.3) is 0 Å². The van der Waals surface area contributed by atoms with Gasteiger partial charge < -0.3 is 19.7 Å². The summed E-state index contributed by atoms with van der Waals surface area (Å²) in [4.78, 5) is 50.0. The molecule has 11 heteroatoms. The van der Waals surface area contributed by atoms with Crippen molar-refractivity contribution in [3.8, 4) is 0 Å². The van der Waals surface area contributed by atoms with E-state index in [1.807, 2.05) is 46.9 Å². The number of hydrogen-bond acceptors (Lipinski definition) is 9. The molecule has 4 atom stereocenters. The van der Waals surface area contributed by atoms with Crippen molar-refractivity contribution >= 4 is 40.5 Å². The third-order valence-electron chi connectivity index (χ3n) is 6.64. The number of amides is 2. The molecule has 0 aliphatic carbocycles.